The number of halogens is 1. The maximum atomic E-state index is 12.9. The summed E-state index contributed by atoms with van der Waals surface area (Å²) in [6.45, 7) is 8.20. The molecule has 2 aliphatic heterocycles. The summed E-state index contributed by atoms with van der Waals surface area (Å²) < 4.78 is 0. The number of amides is 2. The van der Waals surface area contributed by atoms with Crippen LogP contribution in [0, 0.1) is 0 Å². The maximum absolute atomic E-state index is 12.9. The summed E-state index contributed by atoms with van der Waals surface area (Å²) in [7, 11) is 0. The van der Waals surface area contributed by atoms with E-state index in [9.17, 15) is 9.59 Å². The highest BCUT2D eigenvalue weighted by Gasteiger charge is 2.29. The van der Waals surface area contributed by atoms with Gasteiger partial charge in [-0.2, -0.15) is 0 Å². The number of carbonyl (C=O) groups excluding carboxylic acids is 2. The molecule has 2 heterocycles. The Balaban J connectivity index is 0.00000280. The van der Waals surface area contributed by atoms with E-state index in [4.69, 9.17) is 0 Å². The lowest BCUT2D eigenvalue weighted by Crippen LogP contribution is -2.54. The van der Waals surface area contributed by atoms with Gasteiger partial charge >= 0.3 is 0 Å². The minimum absolute atomic E-state index is 0. The van der Waals surface area contributed by atoms with Gasteiger partial charge in [0.05, 0.1) is 6.54 Å². The Morgan fingerprint density at radius 1 is 1.21 bits per heavy atom. The predicted molar refractivity (Wildman–Crippen MR) is 114 cm³/mol. The van der Waals surface area contributed by atoms with Crippen LogP contribution in [0.5, 0.6) is 0 Å². The van der Waals surface area contributed by atoms with Crippen LogP contribution >= 0.6 is 12.4 Å². The zero-order valence-electron chi connectivity index (χ0n) is 16.9. The first-order chi connectivity index (χ1) is 13.1. The highest BCUT2D eigenvalue weighted by atomic mass is 35.5. The Kier molecular flexibility index (Phi) is 8.73. The second-order valence-electron chi connectivity index (χ2n) is 7.66. The topological polar surface area (TPSA) is 64.7 Å². The van der Waals surface area contributed by atoms with Crippen molar-refractivity contribution in [1.82, 2.24) is 20.4 Å². The quantitative estimate of drug-likeness (QED) is 0.779. The van der Waals surface area contributed by atoms with Gasteiger partial charge in [0.15, 0.2) is 0 Å². The standard InChI is InChI=1S/C21H32N4O2.ClH/c1-3-17-6-8-18(9-7-17)20-13-22-10-12-24(20)15-21(27)25-11-4-5-19(14-25)23-16(2)26;/h6-9,19-20,22H,3-5,10-15H2,1-2H3,(H,23,26);1H. The van der Waals surface area contributed by atoms with Crippen molar-refractivity contribution >= 4 is 24.2 Å². The molecule has 2 N–H and O–H groups in total. The van der Waals surface area contributed by atoms with E-state index in [1.54, 1.807) is 0 Å². The smallest absolute Gasteiger partial charge is 0.236 e. The second-order valence-corrected chi connectivity index (χ2v) is 7.66. The van der Waals surface area contributed by atoms with Crippen LogP contribution in [0.3, 0.4) is 0 Å². The number of likely N-dealkylation sites (tertiary alicyclic amines) is 1. The zero-order valence-corrected chi connectivity index (χ0v) is 17.8. The summed E-state index contributed by atoms with van der Waals surface area (Å²) in [5.41, 5.74) is 2.60. The first kappa shape index (κ1) is 22.7. The summed E-state index contributed by atoms with van der Waals surface area (Å²) in [5, 5.41) is 6.42. The van der Waals surface area contributed by atoms with Gasteiger partial charge in [-0.05, 0) is 30.4 Å². The molecular formula is C21H33ClN4O2. The summed E-state index contributed by atoms with van der Waals surface area (Å²) >= 11 is 0. The van der Waals surface area contributed by atoms with Gasteiger partial charge in [0.1, 0.15) is 0 Å². The first-order valence-corrected chi connectivity index (χ1v) is 10.1. The molecule has 0 bridgehead atoms. The normalized spacial score (nSPS) is 23.0. The molecule has 2 saturated heterocycles. The molecular weight excluding hydrogens is 376 g/mol. The van der Waals surface area contributed by atoms with Gasteiger partial charge in [0.2, 0.25) is 11.8 Å². The van der Waals surface area contributed by atoms with Crippen LogP contribution < -0.4 is 10.6 Å². The highest BCUT2D eigenvalue weighted by molar-refractivity contribution is 5.85. The van der Waals surface area contributed by atoms with E-state index in [2.05, 4.69) is 46.7 Å². The zero-order chi connectivity index (χ0) is 19.2. The van der Waals surface area contributed by atoms with E-state index in [0.717, 1.165) is 45.4 Å². The summed E-state index contributed by atoms with van der Waals surface area (Å²) in [4.78, 5) is 28.5. The van der Waals surface area contributed by atoms with Crippen LogP contribution in [-0.2, 0) is 16.0 Å². The van der Waals surface area contributed by atoms with E-state index in [-0.39, 0.29) is 36.3 Å². The van der Waals surface area contributed by atoms with Crippen LogP contribution in [0.1, 0.15) is 43.9 Å². The van der Waals surface area contributed by atoms with Crippen molar-refractivity contribution in [2.75, 3.05) is 39.3 Å². The Labute approximate surface area is 174 Å². The number of nitrogens with one attached hydrogen (secondary N) is 2. The van der Waals surface area contributed by atoms with Crippen molar-refractivity contribution in [3.63, 3.8) is 0 Å². The van der Waals surface area contributed by atoms with Crippen LogP contribution in [0.25, 0.3) is 0 Å². The van der Waals surface area contributed by atoms with Gasteiger partial charge in [-0.15, -0.1) is 12.4 Å². The monoisotopic (exact) mass is 408 g/mol. The molecule has 3 rings (SSSR count). The molecule has 2 aliphatic rings. The number of aryl methyl sites for hydroxylation is 1. The van der Waals surface area contributed by atoms with Crippen molar-refractivity contribution < 1.29 is 9.59 Å². The summed E-state index contributed by atoms with van der Waals surface area (Å²) in [6.07, 6.45) is 2.93. The molecule has 0 aliphatic carbocycles. The van der Waals surface area contributed by atoms with Crippen molar-refractivity contribution in [3.05, 3.63) is 35.4 Å². The molecule has 7 heteroatoms. The Morgan fingerprint density at radius 2 is 1.96 bits per heavy atom. The lowest BCUT2D eigenvalue weighted by Gasteiger charge is -2.39. The minimum atomic E-state index is -0.0213. The van der Waals surface area contributed by atoms with E-state index >= 15 is 0 Å². The minimum Gasteiger partial charge on any atom is -0.352 e. The molecule has 28 heavy (non-hydrogen) atoms. The predicted octanol–water partition coefficient (Wildman–Crippen LogP) is 1.74. The largest absolute Gasteiger partial charge is 0.352 e. The van der Waals surface area contributed by atoms with Gasteiger partial charge in [-0.3, -0.25) is 14.5 Å². The van der Waals surface area contributed by atoms with E-state index in [1.807, 2.05) is 4.90 Å². The number of hydrogen-bond acceptors (Lipinski definition) is 4. The van der Waals surface area contributed by atoms with Crippen molar-refractivity contribution in [1.29, 1.82) is 0 Å². The second kappa shape index (κ2) is 10.8. The van der Waals surface area contributed by atoms with Crippen molar-refractivity contribution in [2.24, 2.45) is 0 Å². The Morgan fingerprint density at radius 3 is 2.64 bits per heavy atom. The molecule has 2 atom stereocenters. The fourth-order valence-corrected chi connectivity index (χ4v) is 4.12. The molecule has 2 unspecified atom stereocenters. The van der Waals surface area contributed by atoms with Gasteiger partial charge in [-0.25, -0.2) is 0 Å². The lowest BCUT2D eigenvalue weighted by atomic mass is 10.0. The number of carbonyl (C=O) groups is 2. The molecule has 0 spiro atoms. The van der Waals surface area contributed by atoms with E-state index in [1.165, 1.54) is 18.1 Å². The molecule has 0 saturated carbocycles. The molecule has 0 radical (unpaired) electrons. The lowest BCUT2D eigenvalue weighted by molar-refractivity contribution is -0.135. The number of hydrogen-bond donors (Lipinski definition) is 2. The molecule has 6 nitrogen and oxygen atoms in total. The number of piperazine rings is 1. The maximum Gasteiger partial charge on any atom is 0.236 e. The SMILES string of the molecule is CCc1ccc(C2CNCCN2CC(=O)N2CCCC(NC(C)=O)C2)cc1.Cl. The van der Waals surface area contributed by atoms with Crippen molar-refractivity contribution in [3.8, 4) is 0 Å². The van der Waals surface area contributed by atoms with Crippen molar-refractivity contribution in [2.45, 2.75) is 45.2 Å². The van der Waals surface area contributed by atoms with Crippen LogP contribution in [-0.4, -0.2) is 66.9 Å². The van der Waals surface area contributed by atoms with Gasteiger partial charge in [0.25, 0.3) is 0 Å². The van der Waals surface area contributed by atoms with Crippen LogP contribution in [0.2, 0.25) is 0 Å². The average Bonchev–Trinajstić information content (AvgIpc) is 2.68. The van der Waals surface area contributed by atoms with Gasteiger partial charge in [0, 0.05) is 51.7 Å². The molecule has 1 aromatic carbocycles. The van der Waals surface area contributed by atoms with Gasteiger partial charge < -0.3 is 15.5 Å². The first-order valence-electron chi connectivity index (χ1n) is 10.1. The summed E-state index contributed by atoms with van der Waals surface area (Å²) in [6, 6.07) is 9.08. The third-order valence-corrected chi connectivity index (χ3v) is 5.65. The fraction of sp³-hybridized carbons (Fsp3) is 0.619. The number of nitrogens with zero attached hydrogens (tertiary/aromatic N) is 2. The third kappa shape index (κ3) is 5.93. The number of benzene rings is 1. The van der Waals surface area contributed by atoms with E-state index < -0.39 is 0 Å². The molecule has 1 aromatic rings. The Hall–Kier alpha value is -1.63. The molecule has 156 valence electrons. The van der Waals surface area contributed by atoms with Crippen LogP contribution in [0.4, 0.5) is 0 Å². The van der Waals surface area contributed by atoms with Crippen LogP contribution in [0.15, 0.2) is 24.3 Å². The molecule has 2 amide bonds. The fourth-order valence-electron chi connectivity index (χ4n) is 4.12. The average molecular weight is 409 g/mol. The third-order valence-electron chi connectivity index (χ3n) is 5.65. The summed E-state index contributed by atoms with van der Waals surface area (Å²) in [5.74, 6) is 0.147. The number of piperidine rings is 1. The van der Waals surface area contributed by atoms with Gasteiger partial charge in [-0.1, -0.05) is 31.2 Å². The van der Waals surface area contributed by atoms with E-state index in [0.29, 0.717) is 13.1 Å². The highest BCUT2D eigenvalue weighted by Crippen LogP contribution is 2.23. The number of rotatable bonds is 5. The molecule has 2 fully saturated rings. The Bertz CT molecular complexity index is 652. The molecule has 0 aromatic heterocycles.